The molecule has 0 amide bonds. The van der Waals surface area contributed by atoms with Gasteiger partial charge in [-0.3, -0.25) is 0 Å². The van der Waals surface area contributed by atoms with Crippen LogP contribution in [-0.2, 0) is 21.2 Å². The molecule has 4 heteroatoms. The van der Waals surface area contributed by atoms with Gasteiger partial charge in [-0.15, -0.1) is 0 Å². The Morgan fingerprint density at radius 1 is 1.25 bits per heavy atom. The highest BCUT2D eigenvalue weighted by atomic mass is 32.2. The van der Waals surface area contributed by atoms with Crippen LogP contribution in [0.3, 0.4) is 0 Å². The van der Waals surface area contributed by atoms with Crippen LogP contribution in [0.5, 0.6) is 0 Å². The van der Waals surface area contributed by atoms with Crippen LogP contribution >= 0.6 is 0 Å². The van der Waals surface area contributed by atoms with E-state index >= 15 is 0 Å². The highest BCUT2D eigenvalue weighted by Crippen LogP contribution is 2.00. The van der Waals surface area contributed by atoms with Crippen molar-refractivity contribution in [2.75, 3.05) is 6.61 Å². The van der Waals surface area contributed by atoms with Gasteiger partial charge in [-0.05, 0) is 11.6 Å². The van der Waals surface area contributed by atoms with Gasteiger partial charge in [-0.2, -0.15) is 0 Å². The lowest BCUT2D eigenvalue weighted by atomic mass is 10.2. The molecule has 0 saturated heterocycles. The summed E-state index contributed by atoms with van der Waals surface area (Å²) in [5.41, 5.74) is 1.06. The molecule has 1 aromatic rings. The van der Waals surface area contributed by atoms with E-state index in [2.05, 4.69) is 6.58 Å². The zero-order chi connectivity index (χ0) is 11.9. The van der Waals surface area contributed by atoms with E-state index in [1.54, 1.807) is 0 Å². The van der Waals surface area contributed by atoms with Crippen molar-refractivity contribution in [3.05, 3.63) is 59.4 Å². The van der Waals surface area contributed by atoms with Crippen LogP contribution in [0.25, 0.3) is 0 Å². The largest absolute Gasteiger partial charge is 0.373 e. The molecule has 0 bridgehead atoms. The van der Waals surface area contributed by atoms with Crippen LogP contribution in [0.4, 0.5) is 0 Å². The van der Waals surface area contributed by atoms with Gasteiger partial charge < -0.3 is 4.74 Å². The fraction of sp³-hybridized carbons (Fsp3) is 0.167. The van der Waals surface area contributed by atoms with E-state index < -0.39 is 9.84 Å². The van der Waals surface area contributed by atoms with Crippen LogP contribution in [0.2, 0.25) is 0 Å². The Morgan fingerprint density at radius 3 is 2.56 bits per heavy atom. The van der Waals surface area contributed by atoms with E-state index in [-0.39, 0.29) is 6.61 Å². The minimum absolute atomic E-state index is 0.266. The third kappa shape index (κ3) is 4.91. The molecule has 1 aromatic carbocycles. The maximum atomic E-state index is 11.0. The molecule has 0 heterocycles. The van der Waals surface area contributed by atoms with Crippen LogP contribution in [0, 0.1) is 0 Å². The molecule has 0 spiro atoms. The fourth-order valence-corrected chi connectivity index (χ4v) is 1.51. The summed E-state index contributed by atoms with van der Waals surface area (Å²) in [5.74, 6) is 0. The van der Waals surface area contributed by atoms with Crippen molar-refractivity contribution < 1.29 is 13.2 Å². The van der Waals surface area contributed by atoms with Gasteiger partial charge in [0.2, 0.25) is 0 Å². The van der Waals surface area contributed by atoms with Gasteiger partial charge in [-0.25, -0.2) is 8.42 Å². The normalized spacial score (nSPS) is 11.8. The molecule has 86 valence electrons. The predicted octanol–water partition coefficient (Wildman–Crippen LogP) is 2.28. The Hall–Kier alpha value is -1.39. The Balaban J connectivity index is 2.30. The maximum Gasteiger partial charge on any atom is 0.192 e. The molecule has 3 nitrogen and oxygen atoms in total. The van der Waals surface area contributed by atoms with Crippen LogP contribution < -0.4 is 0 Å². The second-order valence-corrected chi connectivity index (χ2v) is 4.91. The molecule has 16 heavy (non-hydrogen) atoms. The third-order valence-electron chi connectivity index (χ3n) is 1.84. The average Bonchev–Trinajstić information content (AvgIpc) is 2.30. The van der Waals surface area contributed by atoms with E-state index in [4.69, 9.17) is 4.74 Å². The topological polar surface area (TPSA) is 43.4 Å². The lowest BCUT2D eigenvalue weighted by Gasteiger charge is -2.00. The summed E-state index contributed by atoms with van der Waals surface area (Å²) >= 11 is 0. The zero-order valence-electron chi connectivity index (χ0n) is 8.87. The monoisotopic (exact) mass is 238 g/mol. The van der Waals surface area contributed by atoms with Crippen molar-refractivity contribution in [2.24, 2.45) is 0 Å². The first kappa shape index (κ1) is 12.7. The molecule has 0 N–H and O–H groups in total. The standard InChI is InChI=1S/C12H14O3S/c1-2-16(13,14)10-6-9-15-11-12-7-4-3-5-8-12/h2-8,10H,1,9,11H2/b10-6+. The molecule has 0 fully saturated rings. The Kier molecular flexibility index (Phi) is 4.95. The summed E-state index contributed by atoms with van der Waals surface area (Å²) in [6.45, 7) is 3.94. The first-order valence-corrected chi connectivity index (χ1v) is 6.41. The van der Waals surface area contributed by atoms with Gasteiger partial charge in [0.05, 0.1) is 13.2 Å². The SMILES string of the molecule is C=CS(=O)(=O)/C=C/COCc1ccccc1. The minimum Gasteiger partial charge on any atom is -0.373 e. The molecule has 0 aliphatic carbocycles. The molecule has 0 aliphatic rings. The highest BCUT2D eigenvalue weighted by Gasteiger charge is 1.95. The lowest BCUT2D eigenvalue weighted by molar-refractivity contribution is 0.149. The van der Waals surface area contributed by atoms with Gasteiger partial charge in [0.25, 0.3) is 0 Å². The maximum absolute atomic E-state index is 11.0. The van der Waals surface area contributed by atoms with Crippen molar-refractivity contribution in [3.8, 4) is 0 Å². The van der Waals surface area contributed by atoms with E-state index in [0.29, 0.717) is 6.61 Å². The number of sulfone groups is 1. The second kappa shape index (κ2) is 6.25. The molecule has 1 rings (SSSR count). The number of hydrogen-bond acceptors (Lipinski definition) is 3. The van der Waals surface area contributed by atoms with E-state index in [9.17, 15) is 8.42 Å². The number of benzene rings is 1. The van der Waals surface area contributed by atoms with E-state index in [1.165, 1.54) is 6.08 Å². The van der Waals surface area contributed by atoms with E-state index in [0.717, 1.165) is 16.4 Å². The molecular formula is C12H14O3S. The summed E-state index contributed by atoms with van der Waals surface area (Å²) < 4.78 is 27.2. The van der Waals surface area contributed by atoms with Crippen LogP contribution in [-0.4, -0.2) is 15.0 Å². The predicted molar refractivity (Wildman–Crippen MR) is 64.4 cm³/mol. The lowest BCUT2D eigenvalue weighted by Crippen LogP contribution is -1.94. The minimum atomic E-state index is -3.26. The Bertz CT molecular complexity index is 446. The molecule has 0 atom stereocenters. The first-order valence-electron chi connectivity index (χ1n) is 4.80. The van der Waals surface area contributed by atoms with Crippen LogP contribution in [0.1, 0.15) is 5.56 Å². The molecule has 0 unspecified atom stereocenters. The number of ether oxygens (including phenoxy) is 1. The smallest absolute Gasteiger partial charge is 0.192 e. The third-order valence-corrected chi connectivity index (χ3v) is 2.88. The fourth-order valence-electron chi connectivity index (χ4n) is 1.05. The summed E-state index contributed by atoms with van der Waals surface area (Å²) in [4.78, 5) is 0. The Labute approximate surface area is 96.0 Å². The number of rotatable bonds is 6. The van der Waals surface area contributed by atoms with Crippen molar-refractivity contribution in [3.63, 3.8) is 0 Å². The van der Waals surface area contributed by atoms with Gasteiger partial charge in [0, 0.05) is 10.8 Å². The van der Waals surface area contributed by atoms with E-state index in [1.807, 2.05) is 30.3 Å². The average molecular weight is 238 g/mol. The van der Waals surface area contributed by atoms with Gasteiger partial charge >= 0.3 is 0 Å². The van der Waals surface area contributed by atoms with Gasteiger partial charge in [0.15, 0.2) is 9.84 Å². The Morgan fingerprint density at radius 2 is 1.94 bits per heavy atom. The first-order chi connectivity index (χ1) is 7.64. The van der Waals surface area contributed by atoms with Gasteiger partial charge in [-0.1, -0.05) is 36.9 Å². The molecule has 0 radical (unpaired) electrons. The van der Waals surface area contributed by atoms with Crippen molar-refractivity contribution in [2.45, 2.75) is 6.61 Å². The highest BCUT2D eigenvalue weighted by molar-refractivity contribution is 7.97. The molecular weight excluding hydrogens is 224 g/mol. The van der Waals surface area contributed by atoms with Crippen LogP contribution in [0.15, 0.2) is 53.8 Å². The number of hydrogen-bond donors (Lipinski definition) is 0. The second-order valence-electron chi connectivity index (χ2n) is 3.13. The zero-order valence-corrected chi connectivity index (χ0v) is 9.69. The van der Waals surface area contributed by atoms with Crippen molar-refractivity contribution in [1.82, 2.24) is 0 Å². The summed E-state index contributed by atoms with van der Waals surface area (Å²) in [6, 6.07) is 9.68. The van der Waals surface area contributed by atoms with Crippen molar-refractivity contribution in [1.29, 1.82) is 0 Å². The summed E-state index contributed by atoms with van der Waals surface area (Å²) in [5, 5.41) is 1.99. The van der Waals surface area contributed by atoms with Crippen molar-refractivity contribution >= 4 is 9.84 Å². The van der Waals surface area contributed by atoms with Gasteiger partial charge in [0.1, 0.15) is 0 Å². The summed E-state index contributed by atoms with van der Waals surface area (Å²) in [7, 11) is -3.26. The summed E-state index contributed by atoms with van der Waals surface area (Å²) in [6.07, 6.45) is 1.46. The quantitative estimate of drug-likeness (QED) is 0.714. The molecule has 0 aliphatic heterocycles. The molecule has 0 saturated carbocycles. The molecule has 0 aromatic heterocycles.